The van der Waals surface area contributed by atoms with E-state index < -0.39 is 17.7 Å². The molecule has 0 saturated carbocycles. The Morgan fingerprint density at radius 2 is 1.59 bits per heavy atom. The van der Waals surface area contributed by atoms with Gasteiger partial charge in [-0.2, -0.15) is 0 Å². The van der Waals surface area contributed by atoms with E-state index in [1.165, 1.54) is 11.8 Å². The van der Waals surface area contributed by atoms with E-state index in [4.69, 9.17) is 0 Å². The molecule has 2 amide bonds. The topological polar surface area (TPSA) is 99.6 Å². The number of rotatable bonds is 4. The number of Topliss-reactive ketones (excluding diaryl/α,β-unsaturated/α-hetero) is 1. The lowest BCUT2D eigenvalue weighted by atomic mass is 9.95. The first-order valence-electron chi connectivity index (χ1n) is 10.0. The number of hydrogen-bond acceptors (Lipinski definition) is 5. The molecule has 7 nitrogen and oxygen atoms in total. The Kier molecular flexibility index (Phi) is 5.55. The quantitative estimate of drug-likeness (QED) is 0.373. The lowest BCUT2D eigenvalue weighted by Gasteiger charge is -2.25. The van der Waals surface area contributed by atoms with Crippen molar-refractivity contribution in [3.63, 3.8) is 0 Å². The van der Waals surface area contributed by atoms with Crippen LogP contribution in [0.1, 0.15) is 29.7 Å². The monoisotopic (exact) mass is 427 g/mol. The fourth-order valence-electron chi connectivity index (χ4n) is 3.74. The van der Waals surface area contributed by atoms with Gasteiger partial charge < -0.3 is 10.4 Å². The van der Waals surface area contributed by atoms with E-state index in [0.29, 0.717) is 22.5 Å². The summed E-state index contributed by atoms with van der Waals surface area (Å²) < 4.78 is 0. The third-order valence-electron chi connectivity index (χ3n) is 5.26. The highest BCUT2D eigenvalue weighted by Gasteiger charge is 2.46. The molecule has 1 atom stereocenters. The van der Waals surface area contributed by atoms with Crippen LogP contribution in [0.15, 0.2) is 78.6 Å². The number of anilines is 2. The van der Waals surface area contributed by atoms with E-state index in [2.05, 4.69) is 10.3 Å². The van der Waals surface area contributed by atoms with Crippen LogP contribution in [0.5, 0.6) is 0 Å². The van der Waals surface area contributed by atoms with Crippen molar-refractivity contribution < 1.29 is 19.5 Å². The SMILES string of the molecule is CC(=O)Nc1ccc(N2C(=O)C(=O)/C(=C(\O)c3ccc(C)cc3)C2c2ccncc2)cc1. The fraction of sp³-hybridized carbons (Fsp3) is 0.120. The maximum absolute atomic E-state index is 13.1. The number of ketones is 1. The van der Waals surface area contributed by atoms with Crippen LogP contribution in [0.3, 0.4) is 0 Å². The normalized spacial score (nSPS) is 17.4. The molecule has 1 aliphatic rings. The first kappa shape index (κ1) is 21.0. The van der Waals surface area contributed by atoms with Crippen LogP contribution >= 0.6 is 0 Å². The number of amides is 2. The third-order valence-corrected chi connectivity index (χ3v) is 5.26. The van der Waals surface area contributed by atoms with Gasteiger partial charge >= 0.3 is 0 Å². The van der Waals surface area contributed by atoms with Crippen molar-refractivity contribution >= 4 is 34.7 Å². The number of aliphatic hydroxyl groups is 1. The molecule has 7 heteroatoms. The highest BCUT2D eigenvalue weighted by Crippen LogP contribution is 2.42. The zero-order valence-electron chi connectivity index (χ0n) is 17.6. The molecule has 1 unspecified atom stereocenters. The molecular formula is C25H21N3O4. The molecule has 160 valence electrons. The van der Waals surface area contributed by atoms with Crippen molar-refractivity contribution in [1.29, 1.82) is 0 Å². The minimum Gasteiger partial charge on any atom is -0.507 e. The number of benzene rings is 2. The van der Waals surface area contributed by atoms with Gasteiger partial charge in [-0.15, -0.1) is 0 Å². The molecule has 32 heavy (non-hydrogen) atoms. The summed E-state index contributed by atoms with van der Waals surface area (Å²) in [6.07, 6.45) is 3.14. The Labute approximate surface area is 185 Å². The highest BCUT2D eigenvalue weighted by atomic mass is 16.3. The van der Waals surface area contributed by atoms with Gasteiger partial charge in [0.1, 0.15) is 5.76 Å². The second kappa shape index (κ2) is 8.47. The standard InChI is InChI=1S/C25H21N3O4/c1-15-3-5-18(6-4-15)23(30)21-22(17-11-13-26-14-12-17)28(25(32)24(21)31)20-9-7-19(8-10-20)27-16(2)29/h3-14,22,30H,1-2H3,(H,27,29)/b23-21-. The van der Waals surface area contributed by atoms with Gasteiger partial charge in [0.05, 0.1) is 11.6 Å². The molecule has 0 aliphatic carbocycles. The molecule has 1 saturated heterocycles. The Bertz CT molecular complexity index is 1220. The second-order valence-electron chi connectivity index (χ2n) is 7.54. The minimum absolute atomic E-state index is 0.0102. The number of hydrogen-bond donors (Lipinski definition) is 2. The van der Waals surface area contributed by atoms with E-state index >= 15 is 0 Å². The zero-order chi connectivity index (χ0) is 22.8. The van der Waals surface area contributed by atoms with Crippen LogP contribution in [0.4, 0.5) is 11.4 Å². The molecule has 3 aromatic rings. The van der Waals surface area contributed by atoms with E-state index in [0.717, 1.165) is 5.56 Å². The van der Waals surface area contributed by atoms with E-state index in [9.17, 15) is 19.5 Å². The fourth-order valence-corrected chi connectivity index (χ4v) is 3.74. The molecular weight excluding hydrogens is 406 g/mol. The minimum atomic E-state index is -0.828. The van der Waals surface area contributed by atoms with Crippen molar-refractivity contribution in [3.05, 3.63) is 95.3 Å². The first-order valence-corrected chi connectivity index (χ1v) is 10.0. The van der Waals surface area contributed by atoms with Gasteiger partial charge in [0.15, 0.2) is 0 Å². The first-order chi connectivity index (χ1) is 15.4. The molecule has 2 aromatic carbocycles. The van der Waals surface area contributed by atoms with Gasteiger partial charge in [-0.05, 0) is 48.9 Å². The summed E-state index contributed by atoms with van der Waals surface area (Å²) in [5.41, 5.74) is 3.14. The van der Waals surface area contributed by atoms with Crippen LogP contribution in [0.2, 0.25) is 0 Å². The molecule has 0 spiro atoms. The van der Waals surface area contributed by atoms with Crippen LogP contribution in [-0.4, -0.2) is 27.7 Å². The Morgan fingerprint density at radius 3 is 2.19 bits per heavy atom. The number of nitrogens with zero attached hydrogens (tertiary/aromatic N) is 2. The average Bonchev–Trinajstić information content (AvgIpc) is 3.05. The largest absolute Gasteiger partial charge is 0.507 e. The van der Waals surface area contributed by atoms with Crippen LogP contribution in [0, 0.1) is 6.92 Å². The number of aliphatic hydroxyl groups excluding tert-OH is 1. The molecule has 1 fully saturated rings. The Balaban J connectivity index is 1.85. The van der Waals surface area contributed by atoms with Crippen molar-refractivity contribution in [1.82, 2.24) is 4.98 Å². The van der Waals surface area contributed by atoms with Crippen LogP contribution in [0.25, 0.3) is 5.76 Å². The lowest BCUT2D eigenvalue weighted by molar-refractivity contribution is -0.132. The van der Waals surface area contributed by atoms with Gasteiger partial charge in [0, 0.05) is 36.3 Å². The number of nitrogens with one attached hydrogen (secondary N) is 1. The molecule has 2 N–H and O–H groups in total. The second-order valence-corrected chi connectivity index (χ2v) is 7.54. The van der Waals surface area contributed by atoms with Gasteiger partial charge in [-0.25, -0.2) is 0 Å². The highest BCUT2D eigenvalue weighted by molar-refractivity contribution is 6.51. The van der Waals surface area contributed by atoms with Crippen LogP contribution in [-0.2, 0) is 14.4 Å². The molecule has 2 heterocycles. The number of carbonyl (C=O) groups excluding carboxylic acids is 3. The average molecular weight is 427 g/mol. The van der Waals surface area contributed by atoms with E-state index in [-0.39, 0.29) is 17.2 Å². The summed E-state index contributed by atoms with van der Waals surface area (Å²) in [6, 6.07) is 16.3. The predicted molar refractivity (Wildman–Crippen MR) is 121 cm³/mol. The summed E-state index contributed by atoms with van der Waals surface area (Å²) in [6.45, 7) is 3.32. The molecule has 1 aliphatic heterocycles. The molecule has 0 bridgehead atoms. The van der Waals surface area contributed by atoms with Gasteiger partial charge in [0.2, 0.25) is 5.91 Å². The third kappa shape index (κ3) is 3.88. The molecule has 4 rings (SSSR count). The number of pyridine rings is 1. The van der Waals surface area contributed by atoms with Crippen molar-refractivity contribution in [2.75, 3.05) is 10.2 Å². The van der Waals surface area contributed by atoms with Gasteiger partial charge in [-0.3, -0.25) is 24.3 Å². The predicted octanol–water partition coefficient (Wildman–Crippen LogP) is 3.97. The summed E-state index contributed by atoms with van der Waals surface area (Å²) in [4.78, 5) is 42.9. The Hall–Kier alpha value is -4.26. The van der Waals surface area contributed by atoms with Crippen molar-refractivity contribution in [2.24, 2.45) is 0 Å². The summed E-state index contributed by atoms with van der Waals surface area (Å²) in [7, 11) is 0. The smallest absolute Gasteiger partial charge is 0.300 e. The number of aromatic nitrogens is 1. The van der Waals surface area contributed by atoms with Crippen LogP contribution < -0.4 is 10.2 Å². The van der Waals surface area contributed by atoms with Gasteiger partial charge in [0.25, 0.3) is 11.7 Å². The van der Waals surface area contributed by atoms with E-state index in [1.807, 2.05) is 19.1 Å². The maximum atomic E-state index is 13.1. The number of aryl methyl sites for hydroxylation is 1. The van der Waals surface area contributed by atoms with Gasteiger partial charge in [-0.1, -0.05) is 29.8 Å². The summed E-state index contributed by atoms with van der Waals surface area (Å²) in [5.74, 6) is -1.96. The molecule has 1 aromatic heterocycles. The maximum Gasteiger partial charge on any atom is 0.300 e. The summed E-state index contributed by atoms with van der Waals surface area (Å²) >= 11 is 0. The summed E-state index contributed by atoms with van der Waals surface area (Å²) in [5, 5.41) is 13.7. The molecule has 0 radical (unpaired) electrons. The number of carbonyl (C=O) groups is 3. The van der Waals surface area contributed by atoms with E-state index in [1.54, 1.807) is 60.9 Å². The van der Waals surface area contributed by atoms with Crippen molar-refractivity contribution in [3.8, 4) is 0 Å². The lowest BCUT2D eigenvalue weighted by Crippen LogP contribution is -2.29. The van der Waals surface area contributed by atoms with Crippen molar-refractivity contribution in [2.45, 2.75) is 19.9 Å². The zero-order valence-corrected chi connectivity index (χ0v) is 17.6. The Morgan fingerprint density at radius 1 is 0.969 bits per heavy atom.